The summed E-state index contributed by atoms with van der Waals surface area (Å²) in [6, 6.07) is 12.3. The van der Waals surface area contributed by atoms with Crippen molar-refractivity contribution < 1.29 is 20.4 Å². The number of nitrogens with zero attached hydrogens (tertiary/aromatic N) is 2. The van der Waals surface area contributed by atoms with Gasteiger partial charge in [0.05, 0.1) is 32.2 Å². The lowest BCUT2D eigenvalue weighted by Gasteiger charge is -2.36. The van der Waals surface area contributed by atoms with Gasteiger partial charge >= 0.3 is 0 Å². The SMILES string of the molecule is Cc1ccc(O)c(Cl)c1C(c1c(C)ccc(O)c1Cl)N(C)CCN(C)C(c1c(C)ccc(O)c1Cl)c1c(C)ccc(O)c1Cl. The molecule has 0 heterocycles. The number of halogens is 4. The van der Waals surface area contributed by atoms with Gasteiger partial charge in [-0.3, -0.25) is 9.80 Å². The molecule has 6 nitrogen and oxygen atoms in total. The maximum atomic E-state index is 10.6. The Morgan fingerprint density at radius 1 is 0.455 bits per heavy atom. The van der Waals surface area contributed by atoms with Crippen molar-refractivity contribution in [3.8, 4) is 23.0 Å². The topological polar surface area (TPSA) is 87.4 Å². The number of phenols is 4. The molecule has 4 rings (SSSR count). The highest BCUT2D eigenvalue weighted by atomic mass is 35.5. The summed E-state index contributed by atoms with van der Waals surface area (Å²) in [5, 5.41) is 43.1. The minimum atomic E-state index is -0.529. The van der Waals surface area contributed by atoms with Gasteiger partial charge in [-0.15, -0.1) is 0 Å². The third-order valence-electron chi connectivity index (χ3n) is 8.29. The zero-order valence-corrected chi connectivity index (χ0v) is 28.4. The van der Waals surface area contributed by atoms with Crippen LogP contribution in [0.3, 0.4) is 0 Å². The van der Waals surface area contributed by atoms with Gasteiger partial charge in [-0.25, -0.2) is 0 Å². The smallest absolute Gasteiger partial charge is 0.134 e. The van der Waals surface area contributed by atoms with Gasteiger partial charge in [0.15, 0.2) is 0 Å². The van der Waals surface area contributed by atoms with Crippen molar-refractivity contribution in [2.75, 3.05) is 27.2 Å². The molecule has 4 N–H and O–H groups in total. The molecule has 0 fully saturated rings. The predicted octanol–water partition coefficient (Wildman–Crippen LogP) is 9.10. The Kier molecular flexibility index (Phi) is 10.6. The Morgan fingerprint density at radius 2 is 0.659 bits per heavy atom. The van der Waals surface area contributed by atoms with Crippen molar-refractivity contribution in [3.05, 3.63) is 113 Å². The van der Waals surface area contributed by atoms with E-state index >= 15 is 0 Å². The van der Waals surface area contributed by atoms with Gasteiger partial charge in [-0.1, -0.05) is 70.7 Å². The highest BCUT2D eigenvalue weighted by Crippen LogP contribution is 2.46. The number of aryl methyl sites for hydroxylation is 4. The maximum Gasteiger partial charge on any atom is 0.134 e. The van der Waals surface area contributed by atoms with Gasteiger partial charge in [0.2, 0.25) is 0 Å². The average molecular weight is 678 g/mol. The molecule has 0 aliphatic rings. The fourth-order valence-corrected chi connectivity index (χ4v) is 7.06. The van der Waals surface area contributed by atoms with Crippen LogP contribution >= 0.6 is 46.4 Å². The van der Waals surface area contributed by atoms with E-state index in [-0.39, 0.29) is 43.1 Å². The van der Waals surface area contributed by atoms with Crippen molar-refractivity contribution in [2.24, 2.45) is 0 Å². The summed E-state index contributed by atoms with van der Waals surface area (Å²) in [7, 11) is 3.85. The molecule has 0 amide bonds. The van der Waals surface area contributed by atoms with E-state index in [1.165, 1.54) is 0 Å². The molecule has 0 aliphatic carbocycles. The molecule has 0 radical (unpaired) electrons. The number of rotatable bonds is 9. The molecule has 0 atom stereocenters. The van der Waals surface area contributed by atoms with Crippen molar-refractivity contribution >= 4 is 46.4 Å². The summed E-state index contributed by atoms with van der Waals surface area (Å²) in [5.41, 5.74) is 6.06. The number of phenolic OH excluding ortho intramolecular Hbond substituents is 4. The number of aromatic hydroxyl groups is 4. The first-order valence-electron chi connectivity index (χ1n) is 14.0. The lowest BCUT2D eigenvalue weighted by molar-refractivity contribution is 0.204. The molecule has 10 heteroatoms. The van der Waals surface area contributed by atoms with Crippen LogP contribution in [-0.4, -0.2) is 57.4 Å². The van der Waals surface area contributed by atoms with Crippen LogP contribution in [-0.2, 0) is 0 Å². The van der Waals surface area contributed by atoms with Crippen LogP contribution in [0.1, 0.15) is 56.6 Å². The molecule has 4 aromatic carbocycles. The lowest BCUT2D eigenvalue weighted by atomic mass is 9.89. The first kappa shape index (κ1) is 34.0. The van der Waals surface area contributed by atoms with Crippen LogP contribution in [0, 0.1) is 27.7 Å². The lowest BCUT2D eigenvalue weighted by Crippen LogP contribution is -2.37. The molecule has 44 heavy (non-hydrogen) atoms. The van der Waals surface area contributed by atoms with Gasteiger partial charge in [0.1, 0.15) is 23.0 Å². The molecule has 0 saturated carbocycles. The fraction of sp³-hybridized carbons (Fsp3) is 0.294. The van der Waals surface area contributed by atoms with Crippen LogP contribution in [0.15, 0.2) is 48.5 Å². The van der Waals surface area contributed by atoms with E-state index in [1.807, 2.05) is 41.8 Å². The van der Waals surface area contributed by atoms with Gasteiger partial charge in [0, 0.05) is 13.1 Å². The Bertz CT molecular complexity index is 1470. The Hall–Kier alpha value is -2.84. The summed E-state index contributed by atoms with van der Waals surface area (Å²) < 4.78 is 0. The highest BCUT2D eigenvalue weighted by molar-refractivity contribution is 6.34. The second kappa shape index (κ2) is 13.7. The van der Waals surface area contributed by atoms with Crippen LogP contribution in [0.2, 0.25) is 20.1 Å². The van der Waals surface area contributed by atoms with Crippen LogP contribution in [0.5, 0.6) is 23.0 Å². The molecule has 4 aromatic rings. The number of hydrogen-bond acceptors (Lipinski definition) is 6. The second-order valence-corrected chi connectivity index (χ2v) is 12.8. The second-order valence-electron chi connectivity index (χ2n) is 11.3. The summed E-state index contributed by atoms with van der Waals surface area (Å²) >= 11 is 26.9. The van der Waals surface area contributed by atoms with Gasteiger partial charge in [-0.2, -0.15) is 0 Å². The molecular formula is C34H36Cl4N2O4. The van der Waals surface area contributed by atoms with E-state index in [9.17, 15) is 20.4 Å². The van der Waals surface area contributed by atoms with Crippen molar-refractivity contribution in [1.82, 2.24) is 9.80 Å². The van der Waals surface area contributed by atoms with E-state index in [0.29, 0.717) is 35.3 Å². The minimum Gasteiger partial charge on any atom is -0.506 e. The van der Waals surface area contributed by atoms with E-state index in [1.54, 1.807) is 48.5 Å². The third kappa shape index (κ3) is 6.43. The fourth-order valence-electron chi connectivity index (χ4n) is 5.80. The van der Waals surface area contributed by atoms with Crippen molar-refractivity contribution in [3.63, 3.8) is 0 Å². The Labute approximate surface area is 278 Å². The normalized spacial score (nSPS) is 11.9. The first-order chi connectivity index (χ1) is 20.7. The molecule has 0 saturated heterocycles. The zero-order valence-electron chi connectivity index (χ0n) is 25.4. The van der Waals surface area contributed by atoms with E-state index in [4.69, 9.17) is 46.4 Å². The highest BCUT2D eigenvalue weighted by Gasteiger charge is 2.32. The number of benzene rings is 4. The predicted molar refractivity (Wildman–Crippen MR) is 180 cm³/mol. The molecule has 0 spiro atoms. The van der Waals surface area contributed by atoms with Gasteiger partial charge in [0.25, 0.3) is 0 Å². The van der Waals surface area contributed by atoms with E-state index in [0.717, 1.165) is 22.3 Å². The standard InChI is InChI=1S/C34H36Cl4N2O4/c1-17-7-11-21(41)29(35)25(17)33(26-18(2)8-12-22(42)30(26)36)39(5)15-16-40(6)34(27-19(3)9-13-23(43)31(27)37)28-20(4)10-14-24(44)32(28)38/h7-14,33-34,41-44H,15-16H2,1-6H3. The summed E-state index contributed by atoms with van der Waals surface area (Å²) in [6.45, 7) is 8.56. The number of likely N-dealkylation sites (N-methyl/N-ethyl adjacent to an activating group) is 2. The Balaban J connectivity index is 1.82. The number of hydrogen-bond donors (Lipinski definition) is 4. The molecule has 0 aliphatic heterocycles. The van der Waals surface area contributed by atoms with Crippen LogP contribution < -0.4 is 0 Å². The molecule has 0 unspecified atom stereocenters. The minimum absolute atomic E-state index is 0.0558. The molecule has 0 bridgehead atoms. The van der Waals surface area contributed by atoms with Crippen LogP contribution in [0.25, 0.3) is 0 Å². The summed E-state index contributed by atoms with van der Waals surface area (Å²) in [5.74, 6) is -0.223. The average Bonchev–Trinajstić information content (AvgIpc) is 2.98. The third-order valence-corrected chi connectivity index (χ3v) is 9.88. The van der Waals surface area contributed by atoms with E-state index in [2.05, 4.69) is 9.80 Å². The quantitative estimate of drug-likeness (QED) is 0.141. The first-order valence-corrected chi connectivity index (χ1v) is 15.5. The molecular weight excluding hydrogens is 642 g/mol. The molecule has 234 valence electrons. The summed E-state index contributed by atoms with van der Waals surface area (Å²) in [4.78, 5) is 4.12. The van der Waals surface area contributed by atoms with Gasteiger partial charge in [-0.05, 0) is 111 Å². The Morgan fingerprint density at radius 3 is 0.864 bits per heavy atom. The van der Waals surface area contributed by atoms with E-state index < -0.39 is 12.1 Å². The summed E-state index contributed by atoms with van der Waals surface area (Å²) in [6.07, 6.45) is 0. The molecule has 0 aromatic heterocycles. The van der Waals surface area contributed by atoms with Crippen LogP contribution in [0.4, 0.5) is 0 Å². The van der Waals surface area contributed by atoms with Crippen molar-refractivity contribution in [1.29, 1.82) is 0 Å². The van der Waals surface area contributed by atoms with Crippen molar-refractivity contribution in [2.45, 2.75) is 39.8 Å². The maximum absolute atomic E-state index is 10.6. The van der Waals surface area contributed by atoms with Gasteiger partial charge < -0.3 is 20.4 Å². The monoisotopic (exact) mass is 676 g/mol. The zero-order chi connectivity index (χ0) is 32.6. The largest absolute Gasteiger partial charge is 0.506 e.